The van der Waals surface area contributed by atoms with Gasteiger partial charge in [-0.3, -0.25) is 4.79 Å². The lowest BCUT2D eigenvalue weighted by atomic mass is 10.3. The number of aromatic nitrogens is 3. The first-order valence-electron chi connectivity index (χ1n) is 5.09. The first kappa shape index (κ1) is 10.8. The summed E-state index contributed by atoms with van der Waals surface area (Å²) in [6.07, 6.45) is 2.90. The van der Waals surface area contributed by atoms with Crippen LogP contribution in [0.4, 0.5) is 10.1 Å². The Kier molecular flexibility index (Phi) is 2.52. The van der Waals surface area contributed by atoms with E-state index < -0.39 is 0 Å². The van der Waals surface area contributed by atoms with Crippen LogP contribution in [-0.2, 0) is 0 Å². The predicted octanol–water partition coefficient (Wildman–Crippen LogP) is 0.859. The molecule has 0 saturated heterocycles. The highest BCUT2D eigenvalue weighted by Gasteiger charge is 2.04. The second-order valence-corrected chi connectivity index (χ2v) is 4.53. The van der Waals surface area contributed by atoms with E-state index in [0.717, 1.165) is 0 Å². The highest BCUT2D eigenvalue weighted by molar-refractivity contribution is 7.15. The number of benzene rings is 1. The van der Waals surface area contributed by atoms with Crippen LogP contribution in [0.25, 0.3) is 11.2 Å². The van der Waals surface area contributed by atoms with E-state index in [9.17, 15) is 9.18 Å². The SMILES string of the molecule is O=c1/c(=C/Nc2ccc(F)cc2)sc2ncnn12. The Morgan fingerprint density at radius 1 is 1.33 bits per heavy atom. The Hall–Kier alpha value is -2.28. The third-order valence-electron chi connectivity index (χ3n) is 2.34. The van der Waals surface area contributed by atoms with Crippen molar-refractivity contribution in [2.75, 3.05) is 5.32 Å². The molecule has 7 heteroatoms. The Bertz CT molecular complexity index is 793. The highest BCUT2D eigenvalue weighted by atomic mass is 32.1. The van der Waals surface area contributed by atoms with Crippen LogP contribution in [0.1, 0.15) is 0 Å². The van der Waals surface area contributed by atoms with E-state index in [0.29, 0.717) is 15.2 Å². The van der Waals surface area contributed by atoms with E-state index in [4.69, 9.17) is 0 Å². The van der Waals surface area contributed by atoms with Gasteiger partial charge in [0.25, 0.3) is 5.56 Å². The number of nitrogens with zero attached hydrogens (tertiary/aromatic N) is 3. The summed E-state index contributed by atoms with van der Waals surface area (Å²) in [5, 5.41) is 6.74. The van der Waals surface area contributed by atoms with Crippen molar-refractivity contribution in [2.45, 2.75) is 0 Å². The molecule has 0 aliphatic rings. The number of nitrogens with one attached hydrogen (secondary N) is 1. The summed E-state index contributed by atoms with van der Waals surface area (Å²) < 4.78 is 14.4. The number of hydrogen-bond donors (Lipinski definition) is 1. The summed E-state index contributed by atoms with van der Waals surface area (Å²) >= 11 is 1.24. The monoisotopic (exact) mass is 262 g/mol. The summed E-state index contributed by atoms with van der Waals surface area (Å²) in [5.74, 6) is -0.302. The van der Waals surface area contributed by atoms with Crippen LogP contribution in [0.2, 0.25) is 0 Å². The molecule has 3 rings (SSSR count). The van der Waals surface area contributed by atoms with Crippen LogP contribution in [-0.4, -0.2) is 14.6 Å². The Balaban J connectivity index is 1.97. The van der Waals surface area contributed by atoms with Crippen molar-refractivity contribution < 1.29 is 4.39 Å². The molecule has 0 aliphatic carbocycles. The molecule has 0 radical (unpaired) electrons. The van der Waals surface area contributed by atoms with Gasteiger partial charge in [0, 0.05) is 11.9 Å². The van der Waals surface area contributed by atoms with Gasteiger partial charge >= 0.3 is 0 Å². The molecule has 0 unspecified atom stereocenters. The third kappa shape index (κ3) is 1.84. The predicted molar refractivity (Wildman–Crippen MR) is 66.8 cm³/mol. The maximum atomic E-state index is 12.7. The van der Waals surface area contributed by atoms with Gasteiger partial charge in [0.1, 0.15) is 16.7 Å². The van der Waals surface area contributed by atoms with Gasteiger partial charge in [-0.05, 0) is 24.3 Å². The minimum Gasteiger partial charge on any atom is -0.360 e. The number of rotatable bonds is 2. The minimum absolute atomic E-state index is 0.220. The molecule has 2 heterocycles. The maximum Gasteiger partial charge on any atom is 0.292 e. The van der Waals surface area contributed by atoms with Crippen LogP contribution in [0.3, 0.4) is 0 Å². The average Bonchev–Trinajstić information content (AvgIpc) is 2.93. The fourth-order valence-corrected chi connectivity index (χ4v) is 2.28. The van der Waals surface area contributed by atoms with Gasteiger partial charge in [0.2, 0.25) is 4.96 Å². The van der Waals surface area contributed by atoms with Crippen LogP contribution < -0.4 is 15.4 Å². The van der Waals surface area contributed by atoms with E-state index in [1.807, 2.05) is 0 Å². The van der Waals surface area contributed by atoms with Crippen molar-refractivity contribution in [3.63, 3.8) is 0 Å². The lowest BCUT2D eigenvalue weighted by molar-refractivity contribution is 0.628. The number of hydrogen-bond acceptors (Lipinski definition) is 5. The largest absolute Gasteiger partial charge is 0.360 e. The van der Waals surface area contributed by atoms with Crippen LogP contribution in [0.5, 0.6) is 0 Å². The number of halogens is 1. The van der Waals surface area contributed by atoms with Crippen molar-refractivity contribution >= 4 is 28.2 Å². The van der Waals surface area contributed by atoms with Gasteiger partial charge in [0.15, 0.2) is 0 Å². The average molecular weight is 262 g/mol. The molecule has 2 aromatic heterocycles. The third-order valence-corrected chi connectivity index (χ3v) is 3.31. The van der Waals surface area contributed by atoms with Gasteiger partial charge in [-0.1, -0.05) is 11.3 Å². The first-order valence-corrected chi connectivity index (χ1v) is 5.90. The van der Waals surface area contributed by atoms with E-state index in [2.05, 4.69) is 15.4 Å². The highest BCUT2D eigenvalue weighted by Crippen LogP contribution is 2.07. The van der Waals surface area contributed by atoms with Crippen molar-refractivity contribution in [3.8, 4) is 0 Å². The Morgan fingerprint density at radius 2 is 2.11 bits per heavy atom. The zero-order valence-corrected chi connectivity index (χ0v) is 9.82. The number of anilines is 1. The van der Waals surface area contributed by atoms with Gasteiger partial charge < -0.3 is 5.32 Å². The Labute approximate surface area is 104 Å². The van der Waals surface area contributed by atoms with Gasteiger partial charge in [-0.25, -0.2) is 9.37 Å². The first-order chi connectivity index (χ1) is 8.74. The number of thiazole rings is 1. The topological polar surface area (TPSA) is 59.3 Å². The molecule has 1 aromatic carbocycles. The van der Waals surface area contributed by atoms with Crippen molar-refractivity contribution in [1.29, 1.82) is 0 Å². The molecule has 1 N–H and O–H groups in total. The zero-order chi connectivity index (χ0) is 12.5. The molecule has 0 bridgehead atoms. The fourth-order valence-electron chi connectivity index (χ4n) is 1.47. The summed E-state index contributed by atoms with van der Waals surface area (Å²) in [6, 6.07) is 5.87. The van der Waals surface area contributed by atoms with Gasteiger partial charge in [0.05, 0.1) is 0 Å². The second kappa shape index (κ2) is 4.19. The molecule has 0 atom stereocenters. The standard InChI is InChI=1S/C11H7FN4OS/c12-7-1-3-8(4-2-7)13-5-9-10(17)16-11(18-9)14-6-15-16/h1-6,13H/b9-5-. The lowest BCUT2D eigenvalue weighted by Gasteiger charge is -1.97. The normalized spacial score (nSPS) is 12.2. The van der Waals surface area contributed by atoms with Crippen molar-refractivity contribution in [2.24, 2.45) is 0 Å². The van der Waals surface area contributed by atoms with Crippen molar-refractivity contribution in [1.82, 2.24) is 14.6 Å². The quantitative estimate of drug-likeness (QED) is 0.744. The Morgan fingerprint density at radius 3 is 2.83 bits per heavy atom. The molecule has 0 saturated carbocycles. The molecular formula is C11H7FN4OS. The van der Waals surface area contributed by atoms with E-state index >= 15 is 0 Å². The second-order valence-electron chi connectivity index (χ2n) is 3.52. The minimum atomic E-state index is -0.302. The van der Waals surface area contributed by atoms with Crippen LogP contribution in [0.15, 0.2) is 35.4 Å². The molecule has 0 fully saturated rings. The molecule has 90 valence electrons. The van der Waals surface area contributed by atoms with Gasteiger partial charge in [-0.2, -0.15) is 9.61 Å². The molecule has 5 nitrogen and oxygen atoms in total. The number of fused-ring (bicyclic) bond motifs is 1. The molecule has 0 amide bonds. The smallest absolute Gasteiger partial charge is 0.292 e. The van der Waals surface area contributed by atoms with Gasteiger partial charge in [-0.15, -0.1) is 0 Å². The summed E-state index contributed by atoms with van der Waals surface area (Å²) in [6.45, 7) is 0. The van der Waals surface area contributed by atoms with E-state index in [1.165, 1.54) is 34.3 Å². The molecule has 3 aromatic rings. The zero-order valence-electron chi connectivity index (χ0n) is 9.00. The molecule has 18 heavy (non-hydrogen) atoms. The maximum absolute atomic E-state index is 12.7. The van der Waals surface area contributed by atoms with Crippen LogP contribution in [0, 0.1) is 5.82 Å². The summed E-state index contributed by atoms with van der Waals surface area (Å²) in [5.41, 5.74) is 0.483. The summed E-state index contributed by atoms with van der Waals surface area (Å²) in [4.78, 5) is 16.3. The molecule has 0 spiro atoms. The van der Waals surface area contributed by atoms with Crippen molar-refractivity contribution in [3.05, 3.63) is 51.3 Å². The van der Waals surface area contributed by atoms with Crippen LogP contribution >= 0.6 is 11.3 Å². The molecule has 0 aliphatic heterocycles. The van der Waals surface area contributed by atoms with E-state index in [1.54, 1.807) is 18.3 Å². The molecular weight excluding hydrogens is 255 g/mol. The lowest BCUT2D eigenvalue weighted by Crippen LogP contribution is -2.24. The van der Waals surface area contributed by atoms with E-state index in [-0.39, 0.29) is 11.4 Å². The fraction of sp³-hybridized carbons (Fsp3) is 0. The summed E-state index contributed by atoms with van der Waals surface area (Å²) in [7, 11) is 0.